The third-order valence-corrected chi connectivity index (χ3v) is 4.39. The lowest BCUT2D eigenvalue weighted by atomic mass is 10.2. The van der Waals surface area contributed by atoms with Gasteiger partial charge in [0, 0.05) is 31.9 Å². The molecule has 0 aromatic carbocycles. The summed E-state index contributed by atoms with van der Waals surface area (Å²) in [7, 11) is 0. The van der Waals surface area contributed by atoms with Crippen molar-refractivity contribution in [3.63, 3.8) is 0 Å². The minimum absolute atomic E-state index is 0.185. The van der Waals surface area contributed by atoms with Crippen molar-refractivity contribution in [1.29, 1.82) is 0 Å². The van der Waals surface area contributed by atoms with E-state index in [0.29, 0.717) is 18.8 Å². The highest BCUT2D eigenvalue weighted by Crippen LogP contribution is 2.14. The minimum Gasteiger partial charge on any atom is -0.469 e. The first-order valence-corrected chi connectivity index (χ1v) is 8.70. The summed E-state index contributed by atoms with van der Waals surface area (Å²) >= 11 is 0. The second-order valence-corrected chi connectivity index (χ2v) is 6.14. The van der Waals surface area contributed by atoms with E-state index < -0.39 is 0 Å². The summed E-state index contributed by atoms with van der Waals surface area (Å²) in [6.45, 7) is 3.05. The van der Waals surface area contributed by atoms with Crippen molar-refractivity contribution in [3.8, 4) is 0 Å². The van der Waals surface area contributed by atoms with Gasteiger partial charge in [-0.05, 0) is 36.8 Å². The van der Waals surface area contributed by atoms with Crippen LogP contribution in [0.15, 0.2) is 53.4 Å². The van der Waals surface area contributed by atoms with E-state index in [1.54, 1.807) is 24.7 Å². The molecule has 0 aliphatic carbocycles. The standard InChI is InChI=1S/C19H20N4O3/c24-19(15-3-6-18(20-14-15)22-9-12-25-13-10-22)23-8-7-16(21-23)4-5-17-2-1-11-26-17/h1-3,6-8,11,14H,4-5,9-10,12-13H2. The molecule has 0 atom stereocenters. The van der Waals surface area contributed by atoms with Gasteiger partial charge in [-0.1, -0.05) is 0 Å². The lowest BCUT2D eigenvalue weighted by molar-refractivity contribution is 0.0944. The van der Waals surface area contributed by atoms with Crippen LogP contribution >= 0.6 is 0 Å². The second kappa shape index (κ2) is 7.53. The summed E-state index contributed by atoms with van der Waals surface area (Å²) in [5, 5.41) is 4.37. The minimum atomic E-state index is -0.185. The number of aromatic nitrogens is 3. The highest BCUT2D eigenvalue weighted by molar-refractivity contribution is 5.95. The van der Waals surface area contributed by atoms with E-state index >= 15 is 0 Å². The maximum absolute atomic E-state index is 12.6. The van der Waals surface area contributed by atoms with Gasteiger partial charge in [-0.25, -0.2) is 9.67 Å². The zero-order valence-corrected chi connectivity index (χ0v) is 14.4. The second-order valence-electron chi connectivity index (χ2n) is 6.14. The van der Waals surface area contributed by atoms with Gasteiger partial charge in [0.25, 0.3) is 5.91 Å². The molecule has 134 valence electrons. The van der Waals surface area contributed by atoms with Crippen LogP contribution < -0.4 is 4.90 Å². The molecule has 0 bridgehead atoms. The van der Waals surface area contributed by atoms with E-state index in [1.165, 1.54) is 4.68 Å². The molecule has 1 aliphatic rings. The summed E-state index contributed by atoms with van der Waals surface area (Å²) < 4.78 is 12.0. The van der Waals surface area contributed by atoms with Crippen molar-refractivity contribution in [1.82, 2.24) is 14.8 Å². The highest BCUT2D eigenvalue weighted by Gasteiger charge is 2.15. The summed E-state index contributed by atoms with van der Waals surface area (Å²) in [5.41, 5.74) is 1.37. The smallest absolute Gasteiger partial charge is 0.279 e. The molecule has 0 unspecified atom stereocenters. The Labute approximate surface area is 151 Å². The molecule has 1 saturated heterocycles. The Morgan fingerprint density at radius 2 is 2.00 bits per heavy atom. The molecule has 3 aromatic rings. The van der Waals surface area contributed by atoms with Gasteiger partial charge in [-0.3, -0.25) is 4.79 Å². The topological polar surface area (TPSA) is 73.4 Å². The fraction of sp³-hybridized carbons (Fsp3) is 0.316. The Kier molecular flexibility index (Phi) is 4.79. The molecular formula is C19H20N4O3. The first-order valence-electron chi connectivity index (χ1n) is 8.70. The summed E-state index contributed by atoms with van der Waals surface area (Å²) in [4.78, 5) is 19.2. The number of carbonyl (C=O) groups is 1. The number of pyridine rings is 1. The lowest BCUT2D eigenvalue weighted by Gasteiger charge is -2.27. The number of hydrogen-bond donors (Lipinski definition) is 0. The largest absolute Gasteiger partial charge is 0.469 e. The number of rotatable bonds is 5. The average Bonchev–Trinajstić information content (AvgIpc) is 3.38. The Bertz CT molecular complexity index is 849. The first kappa shape index (κ1) is 16.5. The van der Waals surface area contributed by atoms with E-state index in [9.17, 15) is 4.79 Å². The van der Waals surface area contributed by atoms with Gasteiger partial charge in [0.05, 0.1) is 30.7 Å². The molecule has 1 aliphatic heterocycles. The summed E-state index contributed by atoms with van der Waals surface area (Å²) in [5.74, 6) is 1.59. The quantitative estimate of drug-likeness (QED) is 0.701. The monoisotopic (exact) mass is 352 g/mol. The van der Waals surface area contributed by atoms with E-state index in [-0.39, 0.29) is 5.91 Å². The van der Waals surface area contributed by atoms with Gasteiger partial charge < -0.3 is 14.1 Å². The molecule has 1 fully saturated rings. The predicted octanol–water partition coefficient (Wildman–Crippen LogP) is 2.18. The van der Waals surface area contributed by atoms with Crippen molar-refractivity contribution in [3.05, 3.63) is 66.0 Å². The fourth-order valence-electron chi connectivity index (χ4n) is 2.94. The molecule has 0 radical (unpaired) electrons. The van der Waals surface area contributed by atoms with Gasteiger partial charge in [0.1, 0.15) is 11.6 Å². The number of nitrogens with zero attached hydrogens (tertiary/aromatic N) is 4. The van der Waals surface area contributed by atoms with Crippen LogP contribution in [0, 0.1) is 0 Å². The third-order valence-electron chi connectivity index (χ3n) is 4.39. The summed E-state index contributed by atoms with van der Waals surface area (Å²) in [6, 6.07) is 9.33. The Balaban J connectivity index is 1.40. The van der Waals surface area contributed by atoms with Gasteiger partial charge in [0.2, 0.25) is 0 Å². The molecule has 26 heavy (non-hydrogen) atoms. The Hall–Kier alpha value is -2.93. The van der Waals surface area contributed by atoms with Crippen molar-refractivity contribution in [2.24, 2.45) is 0 Å². The lowest BCUT2D eigenvalue weighted by Crippen LogP contribution is -2.36. The van der Waals surface area contributed by atoms with Crippen molar-refractivity contribution >= 4 is 11.7 Å². The van der Waals surface area contributed by atoms with Crippen molar-refractivity contribution in [2.75, 3.05) is 31.2 Å². The van der Waals surface area contributed by atoms with Gasteiger partial charge >= 0.3 is 0 Å². The van der Waals surface area contributed by atoms with E-state index in [0.717, 1.165) is 43.2 Å². The molecule has 3 aromatic heterocycles. The number of ether oxygens (including phenoxy) is 1. The average molecular weight is 352 g/mol. The van der Waals surface area contributed by atoms with E-state index in [2.05, 4.69) is 15.0 Å². The van der Waals surface area contributed by atoms with Crippen LogP contribution in [0.2, 0.25) is 0 Å². The fourth-order valence-corrected chi connectivity index (χ4v) is 2.94. The number of aryl methyl sites for hydroxylation is 2. The molecule has 7 nitrogen and oxygen atoms in total. The van der Waals surface area contributed by atoms with Crippen LogP contribution in [-0.4, -0.2) is 47.0 Å². The molecule has 0 spiro atoms. The SMILES string of the molecule is O=C(c1ccc(N2CCOCC2)nc1)n1ccc(CCc2ccco2)n1. The number of carbonyl (C=O) groups excluding carboxylic acids is 1. The molecule has 0 N–H and O–H groups in total. The number of furan rings is 1. The Morgan fingerprint density at radius 3 is 2.73 bits per heavy atom. The van der Waals surface area contributed by atoms with Crippen molar-refractivity contribution in [2.45, 2.75) is 12.8 Å². The van der Waals surface area contributed by atoms with E-state index in [1.807, 2.05) is 24.3 Å². The Morgan fingerprint density at radius 1 is 1.12 bits per heavy atom. The van der Waals surface area contributed by atoms with Crippen LogP contribution in [0.4, 0.5) is 5.82 Å². The normalized spacial score (nSPS) is 14.5. The molecule has 0 amide bonds. The van der Waals surface area contributed by atoms with Gasteiger partial charge in [0.15, 0.2) is 0 Å². The van der Waals surface area contributed by atoms with Crippen LogP contribution in [0.1, 0.15) is 21.8 Å². The number of anilines is 1. The van der Waals surface area contributed by atoms with Crippen LogP contribution in [0.3, 0.4) is 0 Å². The zero-order valence-electron chi connectivity index (χ0n) is 14.4. The molecule has 4 heterocycles. The zero-order chi connectivity index (χ0) is 17.8. The van der Waals surface area contributed by atoms with Crippen LogP contribution in [0.5, 0.6) is 0 Å². The van der Waals surface area contributed by atoms with Gasteiger partial charge in [-0.15, -0.1) is 0 Å². The number of morpholine rings is 1. The third kappa shape index (κ3) is 3.67. The molecular weight excluding hydrogens is 332 g/mol. The summed E-state index contributed by atoms with van der Waals surface area (Å²) in [6.07, 6.45) is 6.44. The molecule has 4 rings (SSSR count). The molecule has 7 heteroatoms. The first-order chi connectivity index (χ1) is 12.8. The predicted molar refractivity (Wildman–Crippen MR) is 95.3 cm³/mol. The maximum Gasteiger partial charge on any atom is 0.279 e. The van der Waals surface area contributed by atoms with Gasteiger partial charge in [-0.2, -0.15) is 5.10 Å². The van der Waals surface area contributed by atoms with E-state index in [4.69, 9.17) is 9.15 Å². The highest BCUT2D eigenvalue weighted by atomic mass is 16.5. The van der Waals surface area contributed by atoms with Crippen LogP contribution in [-0.2, 0) is 17.6 Å². The maximum atomic E-state index is 12.6. The van der Waals surface area contributed by atoms with Crippen molar-refractivity contribution < 1.29 is 13.9 Å². The molecule has 0 saturated carbocycles. The van der Waals surface area contributed by atoms with Crippen LogP contribution in [0.25, 0.3) is 0 Å². The number of hydrogen-bond acceptors (Lipinski definition) is 6.